The van der Waals surface area contributed by atoms with Crippen LogP contribution in [0, 0.1) is 0 Å². The molecule has 0 atom stereocenters. The first-order valence-electron chi connectivity index (χ1n) is 10.5. The van der Waals surface area contributed by atoms with Crippen LogP contribution in [-0.2, 0) is 30.3 Å². The van der Waals surface area contributed by atoms with Gasteiger partial charge in [0.05, 0.1) is 0 Å². The van der Waals surface area contributed by atoms with Gasteiger partial charge in [0, 0.05) is 23.7 Å². The molecule has 0 rings (SSSR count). The maximum atomic E-state index is 10.7. The van der Waals surface area contributed by atoms with Gasteiger partial charge in [-0.2, -0.15) is 8.42 Å². The van der Waals surface area contributed by atoms with Gasteiger partial charge in [-0.1, -0.05) is 84.0 Å². The van der Waals surface area contributed by atoms with Gasteiger partial charge >= 0.3 is 81.5 Å². The molecule has 0 amide bonds. The van der Waals surface area contributed by atoms with E-state index >= 15 is 0 Å². The third-order valence-corrected chi connectivity index (χ3v) is 3.91. The fraction of sp³-hybridized carbons (Fsp3) is 0.944. The number of rotatable bonds is 15. The quantitative estimate of drug-likeness (QED) is 0.0389. The van der Waals surface area contributed by atoms with E-state index in [1.807, 2.05) is 0 Å². The Hall–Kier alpha value is 1.13. The van der Waals surface area contributed by atoms with E-state index in [0.29, 0.717) is 6.42 Å². The predicted molar refractivity (Wildman–Crippen MR) is 114 cm³/mol. The van der Waals surface area contributed by atoms with Crippen molar-refractivity contribution < 1.29 is 114 Å². The van der Waals surface area contributed by atoms with E-state index in [4.69, 9.17) is 35.0 Å². The smallest absolute Gasteiger partial charge is 0.759 e. The Kier molecular flexibility index (Phi) is 36.0. The van der Waals surface area contributed by atoms with Gasteiger partial charge in [0.15, 0.2) is 0 Å². The Morgan fingerprint density at radius 2 is 0.971 bits per heavy atom. The summed E-state index contributed by atoms with van der Waals surface area (Å²) in [6.07, 6.45) is 16.1. The van der Waals surface area contributed by atoms with Crippen molar-refractivity contribution >= 4 is 26.8 Å². The number of aliphatic hydroxyl groups is 2. The fourth-order valence-electron chi connectivity index (χ4n) is 2.65. The number of esters is 1. The average molecular weight is 557 g/mol. The molecule has 34 heavy (non-hydrogen) atoms. The summed E-state index contributed by atoms with van der Waals surface area (Å²) in [5.74, 6) is -2.96. The molecule has 0 aliphatic carbocycles. The zero-order chi connectivity index (χ0) is 25.7. The maximum absolute atomic E-state index is 10.7. The molecule has 0 aliphatic rings. The van der Waals surface area contributed by atoms with Crippen LogP contribution in [0.25, 0.3) is 0 Å². The van der Waals surface area contributed by atoms with Gasteiger partial charge < -0.3 is 24.1 Å². The molecule has 0 radical (unpaired) electrons. The Morgan fingerprint density at radius 1 is 0.735 bits per heavy atom. The summed E-state index contributed by atoms with van der Waals surface area (Å²) in [6, 6.07) is 0. The molecule has 16 heteroatoms. The Bertz CT molecular complexity index is 610. The standard InChI is InChI=1S/C18H36O4.2Na.2H2O4S/c1-3-4-5-6-7-8-9-10-11-12-13-14-15-16-18(20,21)22-17(2)19;;;2*1-5(2,3)4/h20-21H,3-16H2,1-2H3;;;2*(H2,1,2,3,4)/q;2*+1;;/p-2. The van der Waals surface area contributed by atoms with E-state index in [1.165, 1.54) is 71.1 Å². The zero-order valence-electron chi connectivity index (χ0n) is 20.8. The summed E-state index contributed by atoms with van der Waals surface area (Å²) in [6.45, 7) is 3.42. The van der Waals surface area contributed by atoms with Crippen molar-refractivity contribution in [1.29, 1.82) is 0 Å². The van der Waals surface area contributed by atoms with Crippen LogP contribution in [0.1, 0.15) is 104 Å². The third-order valence-electron chi connectivity index (χ3n) is 3.91. The monoisotopic (exact) mass is 556 g/mol. The first kappa shape index (κ1) is 45.1. The molecular formula is C18H38Na2O12S2. The van der Waals surface area contributed by atoms with E-state index in [0.717, 1.165) is 12.8 Å². The van der Waals surface area contributed by atoms with Crippen LogP contribution in [-0.4, -0.2) is 57.2 Å². The van der Waals surface area contributed by atoms with Gasteiger partial charge in [-0.25, -0.2) is 0 Å². The second-order valence-electron chi connectivity index (χ2n) is 7.19. The molecule has 0 aromatic carbocycles. The van der Waals surface area contributed by atoms with Crippen molar-refractivity contribution in [2.24, 2.45) is 0 Å². The molecule has 0 fully saturated rings. The van der Waals surface area contributed by atoms with Gasteiger partial charge in [-0.3, -0.25) is 22.3 Å². The molecule has 0 spiro atoms. The van der Waals surface area contributed by atoms with Crippen LogP contribution in [0.2, 0.25) is 0 Å². The summed E-state index contributed by atoms with van der Waals surface area (Å²) in [4.78, 5) is 10.7. The minimum atomic E-state index is -5.17. The van der Waals surface area contributed by atoms with Crippen LogP contribution < -0.4 is 59.1 Å². The van der Waals surface area contributed by atoms with Crippen molar-refractivity contribution in [2.75, 3.05) is 0 Å². The first-order valence-corrected chi connectivity index (χ1v) is 13.2. The average Bonchev–Trinajstić information content (AvgIpc) is 2.55. The minimum Gasteiger partial charge on any atom is -0.759 e. The van der Waals surface area contributed by atoms with Gasteiger partial charge in [0.25, 0.3) is 0 Å². The number of ether oxygens (including phenoxy) is 1. The van der Waals surface area contributed by atoms with Gasteiger partial charge in [-0.05, 0) is 6.42 Å². The van der Waals surface area contributed by atoms with Crippen LogP contribution in [0.4, 0.5) is 0 Å². The Morgan fingerprint density at radius 3 is 1.21 bits per heavy atom. The molecule has 4 N–H and O–H groups in total. The number of hydrogen-bond acceptors (Lipinski definition) is 10. The van der Waals surface area contributed by atoms with Crippen molar-refractivity contribution in [3.8, 4) is 0 Å². The fourth-order valence-corrected chi connectivity index (χ4v) is 2.65. The molecule has 0 bridgehead atoms. The predicted octanol–water partition coefficient (Wildman–Crippen LogP) is -3.31. The molecule has 196 valence electrons. The SMILES string of the molecule is CCCCCCCCCCCCCCCC(O)(O)OC(C)=O.O=S(=O)(O)O.O=S(=O)([O-])[O-].[Na+].[Na+]. The molecule has 0 saturated heterocycles. The second-order valence-corrected chi connectivity index (χ2v) is 8.90. The van der Waals surface area contributed by atoms with Crippen molar-refractivity contribution in [2.45, 2.75) is 110 Å². The maximum Gasteiger partial charge on any atom is 1.00 e. The minimum absolute atomic E-state index is 0. The largest absolute Gasteiger partial charge is 1.00 e. The van der Waals surface area contributed by atoms with Crippen molar-refractivity contribution in [3.05, 3.63) is 0 Å². The van der Waals surface area contributed by atoms with Gasteiger partial charge in [-0.15, -0.1) is 0 Å². The van der Waals surface area contributed by atoms with Crippen LogP contribution >= 0.6 is 0 Å². The summed E-state index contributed by atoms with van der Waals surface area (Å²) in [5, 5.41) is 18.7. The third kappa shape index (κ3) is 69.8. The number of carbonyl (C=O) groups is 1. The molecule has 0 aliphatic heterocycles. The van der Waals surface area contributed by atoms with Crippen LogP contribution in [0.3, 0.4) is 0 Å². The topological polar surface area (TPSA) is 222 Å². The molecular weight excluding hydrogens is 518 g/mol. The molecule has 0 aromatic rings. The van der Waals surface area contributed by atoms with E-state index < -0.39 is 32.7 Å². The second kappa shape index (κ2) is 27.2. The molecule has 0 heterocycles. The van der Waals surface area contributed by atoms with Crippen LogP contribution in [0.5, 0.6) is 0 Å². The molecule has 0 aromatic heterocycles. The van der Waals surface area contributed by atoms with Crippen LogP contribution in [0.15, 0.2) is 0 Å². The summed E-state index contributed by atoms with van der Waals surface area (Å²) >= 11 is 0. The van der Waals surface area contributed by atoms with E-state index in [-0.39, 0.29) is 65.5 Å². The summed E-state index contributed by atoms with van der Waals surface area (Å²) in [5.41, 5.74) is 0. The Balaban J connectivity index is -0.000000196. The normalized spacial score (nSPS) is 10.9. The first-order chi connectivity index (χ1) is 14.5. The Labute approximate surface area is 248 Å². The van der Waals surface area contributed by atoms with Crippen molar-refractivity contribution in [1.82, 2.24) is 0 Å². The van der Waals surface area contributed by atoms with E-state index in [2.05, 4.69) is 11.7 Å². The summed E-state index contributed by atoms with van der Waals surface area (Å²) in [7, 11) is -9.83. The van der Waals surface area contributed by atoms with E-state index in [1.54, 1.807) is 0 Å². The number of carbonyl (C=O) groups excluding carboxylic acids is 1. The number of unbranched alkanes of at least 4 members (excludes halogenated alkanes) is 12. The summed E-state index contributed by atoms with van der Waals surface area (Å²) < 4.78 is 70.1. The molecule has 0 unspecified atom stereocenters. The van der Waals surface area contributed by atoms with E-state index in [9.17, 15) is 15.0 Å². The van der Waals surface area contributed by atoms with Gasteiger partial charge in [0.1, 0.15) is 0 Å². The zero-order valence-corrected chi connectivity index (χ0v) is 26.4. The van der Waals surface area contributed by atoms with Crippen molar-refractivity contribution in [3.63, 3.8) is 0 Å². The number of hydrogen-bond donors (Lipinski definition) is 4. The molecule has 0 saturated carbocycles. The molecule has 12 nitrogen and oxygen atoms in total. The van der Waals surface area contributed by atoms with Gasteiger partial charge in [0.2, 0.25) is 0 Å².